The molecule has 0 spiro atoms. The van der Waals surface area contributed by atoms with E-state index in [-0.39, 0.29) is 29.7 Å². The van der Waals surface area contributed by atoms with E-state index in [1.807, 2.05) is 18.4 Å². The molecule has 0 aliphatic rings. The molecule has 0 radical (unpaired) electrons. The first-order valence-electron chi connectivity index (χ1n) is 10.3. The lowest BCUT2D eigenvalue weighted by Crippen LogP contribution is -2.45. The Morgan fingerprint density at radius 1 is 1.00 bits per heavy atom. The lowest BCUT2D eigenvalue weighted by atomic mass is 10.2. The maximum atomic E-state index is 13.4. The third kappa shape index (κ3) is 5.82. The Kier molecular flexibility index (Phi) is 7.82. The molecule has 1 aromatic heterocycles. The van der Waals surface area contributed by atoms with Crippen LogP contribution in [0.5, 0.6) is 0 Å². The summed E-state index contributed by atoms with van der Waals surface area (Å²) in [5.41, 5.74) is 1.85. The second-order valence-electron chi connectivity index (χ2n) is 7.86. The Morgan fingerprint density at radius 2 is 1.66 bits per heavy atom. The summed E-state index contributed by atoms with van der Waals surface area (Å²) in [6.45, 7) is 5.82. The first kappa shape index (κ1) is 24.1. The minimum absolute atomic E-state index is 0.153. The zero-order chi connectivity index (χ0) is 23.3. The number of rotatable bonds is 9. The summed E-state index contributed by atoms with van der Waals surface area (Å²) in [6, 6.07) is 15.7. The first-order chi connectivity index (χ1) is 15.2. The number of nitrogens with zero attached hydrogens (tertiary/aromatic N) is 2. The van der Waals surface area contributed by atoms with Gasteiger partial charge in [0.1, 0.15) is 5.82 Å². The number of sulfonamides is 1. The second-order valence-corrected chi connectivity index (χ2v) is 10.8. The van der Waals surface area contributed by atoms with Gasteiger partial charge in [-0.05, 0) is 67.6 Å². The van der Waals surface area contributed by atoms with Crippen molar-refractivity contribution in [3.05, 3.63) is 87.9 Å². The summed E-state index contributed by atoms with van der Waals surface area (Å²) < 4.78 is 41.0. The van der Waals surface area contributed by atoms with E-state index in [1.54, 1.807) is 60.4 Å². The van der Waals surface area contributed by atoms with Crippen LogP contribution >= 0.6 is 11.3 Å². The van der Waals surface area contributed by atoms with Crippen molar-refractivity contribution in [3.8, 4) is 0 Å². The van der Waals surface area contributed by atoms with Crippen LogP contribution in [0.3, 0.4) is 0 Å². The summed E-state index contributed by atoms with van der Waals surface area (Å²) >= 11 is 1.55. The number of hydrogen-bond donors (Lipinski definition) is 0. The van der Waals surface area contributed by atoms with Gasteiger partial charge in [-0.25, -0.2) is 12.8 Å². The molecule has 0 bridgehead atoms. The number of carbonyl (C=O) groups excluding carboxylic acids is 1. The number of thiophene rings is 1. The molecular formula is C24H27FN2O3S2. The quantitative estimate of drug-likeness (QED) is 0.447. The molecule has 170 valence electrons. The standard InChI is InChI=1S/C24H27FN2O3S2/c1-18(2)27(32(29,30)22-7-5-4-6-8-22)17-24(28)26(16-23-19(3)13-14-31-23)15-20-9-11-21(25)12-10-20/h4-14,18H,15-17H2,1-3H3. The highest BCUT2D eigenvalue weighted by Crippen LogP contribution is 2.22. The van der Waals surface area contributed by atoms with Crippen molar-refractivity contribution in [2.45, 2.75) is 44.8 Å². The minimum atomic E-state index is -3.84. The van der Waals surface area contributed by atoms with Crippen LogP contribution in [-0.4, -0.2) is 36.1 Å². The maximum Gasteiger partial charge on any atom is 0.243 e. The summed E-state index contributed by atoms with van der Waals surface area (Å²) in [6.07, 6.45) is 0. The van der Waals surface area contributed by atoms with Crippen molar-refractivity contribution in [1.29, 1.82) is 0 Å². The van der Waals surface area contributed by atoms with Crippen LogP contribution < -0.4 is 0 Å². The SMILES string of the molecule is Cc1ccsc1CN(Cc1ccc(F)cc1)C(=O)CN(C(C)C)S(=O)(=O)c1ccccc1. The Hall–Kier alpha value is -2.55. The van der Waals surface area contributed by atoms with Gasteiger partial charge in [0.25, 0.3) is 0 Å². The monoisotopic (exact) mass is 474 g/mol. The number of benzene rings is 2. The topological polar surface area (TPSA) is 57.7 Å². The third-order valence-electron chi connectivity index (χ3n) is 5.16. The Bertz CT molecular complexity index is 1140. The summed E-state index contributed by atoms with van der Waals surface area (Å²) in [4.78, 5) is 16.2. The number of amides is 1. The van der Waals surface area contributed by atoms with Gasteiger partial charge < -0.3 is 4.90 Å². The Balaban J connectivity index is 1.88. The van der Waals surface area contributed by atoms with Crippen LogP contribution in [0.15, 0.2) is 70.9 Å². The van der Waals surface area contributed by atoms with E-state index in [0.717, 1.165) is 16.0 Å². The molecule has 0 unspecified atom stereocenters. The van der Waals surface area contributed by atoms with Gasteiger partial charge in [-0.2, -0.15) is 4.31 Å². The van der Waals surface area contributed by atoms with Crippen molar-refractivity contribution in [1.82, 2.24) is 9.21 Å². The molecule has 3 aromatic rings. The number of halogens is 1. The molecule has 0 aliphatic heterocycles. The van der Waals surface area contributed by atoms with Crippen molar-refractivity contribution >= 4 is 27.3 Å². The number of hydrogen-bond acceptors (Lipinski definition) is 4. The van der Waals surface area contributed by atoms with Crippen molar-refractivity contribution in [2.24, 2.45) is 0 Å². The van der Waals surface area contributed by atoms with E-state index < -0.39 is 16.1 Å². The van der Waals surface area contributed by atoms with E-state index in [1.165, 1.54) is 28.6 Å². The number of carbonyl (C=O) groups is 1. The second kappa shape index (κ2) is 10.4. The van der Waals surface area contributed by atoms with Crippen LogP contribution in [0.4, 0.5) is 4.39 Å². The van der Waals surface area contributed by atoms with Gasteiger partial charge in [0.05, 0.1) is 18.0 Å². The normalized spacial score (nSPS) is 11.8. The fourth-order valence-corrected chi connectivity index (χ4v) is 5.82. The zero-order valence-electron chi connectivity index (χ0n) is 18.4. The predicted octanol–water partition coefficient (Wildman–Crippen LogP) is 4.82. The average Bonchev–Trinajstić information content (AvgIpc) is 3.17. The van der Waals surface area contributed by atoms with Crippen LogP contribution in [0.1, 0.15) is 29.9 Å². The van der Waals surface area contributed by atoms with Crippen LogP contribution in [0.25, 0.3) is 0 Å². The molecule has 5 nitrogen and oxygen atoms in total. The molecular weight excluding hydrogens is 447 g/mol. The van der Waals surface area contributed by atoms with Crippen LogP contribution in [0, 0.1) is 12.7 Å². The lowest BCUT2D eigenvalue weighted by molar-refractivity contribution is -0.132. The maximum absolute atomic E-state index is 13.4. The highest BCUT2D eigenvalue weighted by Gasteiger charge is 2.30. The molecule has 0 N–H and O–H groups in total. The summed E-state index contributed by atoms with van der Waals surface area (Å²) in [5.74, 6) is -0.656. The predicted molar refractivity (Wildman–Crippen MR) is 125 cm³/mol. The molecule has 8 heteroatoms. The van der Waals surface area contributed by atoms with Crippen LogP contribution in [0.2, 0.25) is 0 Å². The van der Waals surface area contributed by atoms with Gasteiger partial charge in [-0.3, -0.25) is 4.79 Å². The van der Waals surface area contributed by atoms with E-state index in [2.05, 4.69) is 0 Å². The molecule has 0 aliphatic carbocycles. The van der Waals surface area contributed by atoms with E-state index in [9.17, 15) is 17.6 Å². The van der Waals surface area contributed by atoms with E-state index in [0.29, 0.717) is 6.54 Å². The minimum Gasteiger partial charge on any atom is -0.332 e. The van der Waals surface area contributed by atoms with Gasteiger partial charge in [0, 0.05) is 17.5 Å². The van der Waals surface area contributed by atoms with Gasteiger partial charge in [-0.15, -0.1) is 11.3 Å². The molecule has 3 rings (SSSR count). The smallest absolute Gasteiger partial charge is 0.243 e. The highest BCUT2D eigenvalue weighted by atomic mass is 32.2. The van der Waals surface area contributed by atoms with Crippen LogP contribution in [-0.2, 0) is 27.9 Å². The van der Waals surface area contributed by atoms with Gasteiger partial charge in [-0.1, -0.05) is 30.3 Å². The van der Waals surface area contributed by atoms with Crippen molar-refractivity contribution in [2.75, 3.05) is 6.54 Å². The lowest BCUT2D eigenvalue weighted by Gasteiger charge is -2.29. The fourth-order valence-electron chi connectivity index (χ4n) is 3.29. The largest absolute Gasteiger partial charge is 0.332 e. The zero-order valence-corrected chi connectivity index (χ0v) is 20.0. The molecule has 0 fully saturated rings. The average molecular weight is 475 g/mol. The molecule has 1 amide bonds. The summed E-state index contributed by atoms with van der Waals surface area (Å²) in [5, 5.41) is 1.96. The van der Waals surface area contributed by atoms with E-state index in [4.69, 9.17) is 0 Å². The highest BCUT2D eigenvalue weighted by molar-refractivity contribution is 7.89. The van der Waals surface area contributed by atoms with Gasteiger partial charge in [0.15, 0.2) is 0 Å². The third-order valence-corrected chi connectivity index (χ3v) is 8.20. The summed E-state index contributed by atoms with van der Waals surface area (Å²) in [7, 11) is -3.84. The van der Waals surface area contributed by atoms with E-state index >= 15 is 0 Å². The number of aryl methyl sites for hydroxylation is 1. The van der Waals surface area contributed by atoms with Crippen molar-refractivity contribution in [3.63, 3.8) is 0 Å². The molecule has 0 atom stereocenters. The van der Waals surface area contributed by atoms with Crippen molar-refractivity contribution < 1.29 is 17.6 Å². The molecule has 1 heterocycles. The molecule has 0 saturated heterocycles. The Morgan fingerprint density at radius 3 is 2.22 bits per heavy atom. The fraction of sp³-hybridized carbons (Fsp3) is 0.292. The Labute approximate surface area is 193 Å². The van der Waals surface area contributed by atoms with Gasteiger partial charge >= 0.3 is 0 Å². The first-order valence-corrected chi connectivity index (χ1v) is 12.6. The molecule has 2 aromatic carbocycles. The molecule has 0 saturated carbocycles. The molecule has 32 heavy (non-hydrogen) atoms. The van der Waals surface area contributed by atoms with Gasteiger partial charge in [0.2, 0.25) is 15.9 Å².